The predicted molar refractivity (Wildman–Crippen MR) is 66.7 cm³/mol. The molecule has 0 spiro atoms. The van der Waals surface area contributed by atoms with Gasteiger partial charge < -0.3 is 15.3 Å². The molecule has 3 nitrogen and oxygen atoms in total. The van der Waals surface area contributed by atoms with Crippen LogP contribution in [0.5, 0.6) is 0 Å². The first kappa shape index (κ1) is 12.6. The van der Waals surface area contributed by atoms with E-state index in [1.807, 2.05) is 0 Å². The molecule has 1 heterocycles. The molecule has 2 rings (SSSR count). The number of hydrogen-bond donors (Lipinski definition) is 0. The first-order valence-corrected chi connectivity index (χ1v) is 5.38. The van der Waals surface area contributed by atoms with Crippen LogP contribution in [-0.2, 0) is 6.54 Å². The van der Waals surface area contributed by atoms with Crippen molar-refractivity contribution in [2.75, 3.05) is 7.05 Å². The summed E-state index contributed by atoms with van der Waals surface area (Å²) >= 11 is 0. The van der Waals surface area contributed by atoms with E-state index >= 15 is 0 Å². The Balaban J connectivity index is 0.00000128. The number of nitrogens with zero attached hydrogens (tertiary/aromatic N) is 2. The molecule has 0 aliphatic carbocycles. The lowest BCUT2D eigenvalue weighted by Gasteiger charge is -2.27. The highest BCUT2D eigenvalue weighted by atomic mass is 16.0. The minimum atomic E-state index is 0. The highest BCUT2D eigenvalue weighted by molar-refractivity contribution is 5.21. The molecule has 88 valence electrons. The second kappa shape index (κ2) is 5.03. The molecule has 3 heteroatoms. The van der Waals surface area contributed by atoms with Crippen LogP contribution in [0.15, 0.2) is 36.7 Å². The van der Waals surface area contributed by atoms with Crippen molar-refractivity contribution in [3.8, 4) is 0 Å². The normalized spacial score (nSPS) is 18.8. The van der Waals surface area contributed by atoms with Crippen LogP contribution in [0.1, 0.15) is 18.1 Å². The van der Waals surface area contributed by atoms with Crippen LogP contribution >= 0.6 is 0 Å². The topological polar surface area (TPSA) is 38.0 Å². The maximum atomic E-state index is 2.34. The fourth-order valence-corrected chi connectivity index (χ4v) is 1.76. The van der Waals surface area contributed by atoms with Gasteiger partial charge >= 0.3 is 0 Å². The molecule has 0 radical (unpaired) electrons. The average molecular weight is 220 g/mol. The van der Waals surface area contributed by atoms with Gasteiger partial charge in [-0.3, -0.25) is 0 Å². The maximum absolute atomic E-state index is 2.34. The standard InChI is InChI=1S/C13H18N2.H2O/c1-11-4-6-13(7-5-11)10-15-9-8-14(3)12(15)2;/h4-9,12H,10H2,1-3H3;1H2. The Morgan fingerprint density at radius 3 is 2.25 bits per heavy atom. The molecule has 1 atom stereocenters. The maximum Gasteiger partial charge on any atom is 0.0978 e. The lowest BCUT2D eigenvalue weighted by molar-refractivity contribution is 0.189. The van der Waals surface area contributed by atoms with E-state index in [0.717, 1.165) is 6.54 Å². The number of aryl methyl sites for hydroxylation is 1. The minimum Gasteiger partial charge on any atom is -0.412 e. The molecule has 0 fully saturated rings. The van der Waals surface area contributed by atoms with Gasteiger partial charge in [-0.2, -0.15) is 0 Å². The second-order valence-electron chi connectivity index (χ2n) is 4.25. The van der Waals surface area contributed by atoms with Crippen molar-refractivity contribution in [2.24, 2.45) is 0 Å². The molecule has 0 saturated heterocycles. The quantitative estimate of drug-likeness (QED) is 0.761. The third-order valence-electron chi connectivity index (χ3n) is 3.05. The average Bonchev–Trinajstić information content (AvgIpc) is 2.53. The van der Waals surface area contributed by atoms with Gasteiger partial charge in [0.2, 0.25) is 0 Å². The molecule has 16 heavy (non-hydrogen) atoms. The minimum absolute atomic E-state index is 0. The monoisotopic (exact) mass is 220 g/mol. The first-order valence-electron chi connectivity index (χ1n) is 5.38. The van der Waals surface area contributed by atoms with Crippen molar-refractivity contribution in [1.82, 2.24) is 9.80 Å². The number of benzene rings is 1. The van der Waals surface area contributed by atoms with E-state index in [2.05, 4.69) is 67.4 Å². The summed E-state index contributed by atoms with van der Waals surface area (Å²) in [4.78, 5) is 4.55. The smallest absolute Gasteiger partial charge is 0.0978 e. The summed E-state index contributed by atoms with van der Waals surface area (Å²) in [7, 11) is 2.11. The molecule has 0 amide bonds. The van der Waals surface area contributed by atoms with Crippen molar-refractivity contribution in [3.05, 3.63) is 47.8 Å². The summed E-state index contributed by atoms with van der Waals surface area (Å²) in [6.07, 6.45) is 4.75. The Bertz CT molecular complexity index is 359. The van der Waals surface area contributed by atoms with E-state index in [1.54, 1.807) is 0 Å². The summed E-state index contributed by atoms with van der Waals surface area (Å²) in [6.45, 7) is 5.33. The first-order chi connectivity index (χ1) is 7.16. The molecule has 1 aliphatic rings. The van der Waals surface area contributed by atoms with Gasteiger partial charge in [-0.15, -0.1) is 0 Å². The van der Waals surface area contributed by atoms with Gasteiger partial charge in [-0.1, -0.05) is 29.8 Å². The van der Waals surface area contributed by atoms with E-state index in [9.17, 15) is 0 Å². The van der Waals surface area contributed by atoms with Crippen LogP contribution < -0.4 is 0 Å². The lowest BCUT2D eigenvalue weighted by Crippen LogP contribution is -2.32. The molecular weight excluding hydrogens is 200 g/mol. The van der Waals surface area contributed by atoms with E-state index in [1.165, 1.54) is 11.1 Å². The Morgan fingerprint density at radius 2 is 1.75 bits per heavy atom. The fraction of sp³-hybridized carbons (Fsp3) is 0.385. The predicted octanol–water partition coefficient (Wildman–Crippen LogP) is 1.73. The summed E-state index contributed by atoms with van der Waals surface area (Å²) in [5, 5.41) is 0. The zero-order valence-electron chi connectivity index (χ0n) is 10.1. The van der Waals surface area contributed by atoms with E-state index in [-0.39, 0.29) is 5.48 Å². The molecule has 1 unspecified atom stereocenters. The van der Waals surface area contributed by atoms with Gasteiger partial charge in [0.1, 0.15) is 0 Å². The summed E-state index contributed by atoms with van der Waals surface area (Å²) in [5.74, 6) is 0. The van der Waals surface area contributed by atoms with Crippen molar-refractivity contribution in [3.63, 3.8) is 0 Å². The van der Waals surface area contributed by atoms with Crippen LogP contribution in [-0.4, -0.2) is 28.5 Å². The van der Waals surface area contributed by atoms with Crippen LogP contribution in [0, 0.1) is 6.92 Å². The van der Waals surface area contributed by atoms with Crippen LogP contribution in [0.4, 0.5) is 0 Å². The van der Waals surface area contributed by atoms with Crippen LogP contribution in [0.2, 0.25) is 0 Å². The molecule has 0 bridgehead atoms. The molecule has 0 aromatic heterocycles. The van der Waals surface area contributed by atoms with Crippen LogP contribution in [0.25, 0.3) is 0 Å². The molecular formula is C13H20N2O. The molecule has 1 aliphatic heterocycles. The third kappa shape index (κ3) is 2.55. The van der Waals surface area contributed by atoms with Crippen molar-refractivity contribution in [2.45, 2.75) is 26.6 Å². The van der Waals surface area contributed by atoms with Gasteiger partial charge in [0.15, 0.2) is 0 Å². The fourth-order valence-electron chi connectivity index (χ4n) is 1.76. The summed E-state index contributed by atoms with van der Waals surface area (Å²) in [6, 6.07) is 8.75. The third-order valence-corrected chi connectivity index (χ3v) is 3.05. The summed E-state index contributed by atoms with van der Waals surface area (Å²) < 4.78 is 0. The van der Waals surface area contributed by atoms with Gasteiger partial charge in [0.25, 0.3) is 0 Å². The Morgan fingerprint density at radius 1 is 1.12 bits per heavy atom. The summed E-state index contributed by atoms with van der Waals surface area (Å²) in [5.41, 5.74) is 2.69. The van der Waals surface area contributed by atoms with E-state index in [4.69, 9.17) is 0 Å². The molecule has 1 aromatic rings. The van der Waals surface area contributed by atoms with Crippen molar-refractivity contribution in [1.29, 1.82) is 0 Å². The Kier molecular flexibility index (Phi) is 3.96. The number of rotatable bonds is 2. The van der Waals surface area contributed by atoms with Gasteiger partial charge in [-0.05, 0) is 19.4 Å². The number of hydrogen-bond acceptors (Lipinski definition) is 2. The Hall–Kier alpha value is -1.48. The van der Waals surface area contributed by atoms with E-state index < -0.39 is 0 Å². The van der Waals surface area contributed by atoms with Gasteiger partial charge in [-0.25, -0.2) is 0 Å². The van der Waals surface area contributed by atoms with E-state index in [0.29, 0.717) is 6.17 Å². The van der Waals surface area contributed by atoms with Crippen LogP contribution in [0.3, 0.4) is 0 Å². The molecule has 0 saturated carbocycles. The SMILES string of the molecule is Cc1ccc(CN2C=CN(C)C2C)cc1.O. The van der Waals surface area contributed by atoms with Crippen molar-refractivity contribution < 1.29 is 5.48 Å². The van der Waals surface area contributed by atoms with Gasteiger partial charge in [0.05, 0.1) is 6.17 Å². The zero-order chi connectivity index (χ0) is 10.8. The van der Waals surface area contributed by atoms with Crippen molar-refractivity contribution >= 4 is 0 Å². The highest BCUT2D eigenvalue weighted by Crippen LogP contribution is 2.16. The molecule has 1 aromatic carbocycles. The lowest BCUT2D eigenvalue weighted by atomic mass is 10.1. The highest BCUT2D eigenvalue weighted by Gasteiger charge is 2.17. The zero-order valence-corrected chi connectivity index (χ0v) is 10.1. The second-order valence-corrected chi connectivity index (χ2v) is 4.25. The Labute approximate surface area is 97.3 Å². The largest absolute Gasteiger partial charge is 0.412 e. The molecule has 2 N–H and O–H groups in total. The van der Waals surface area contributed by atoms with Gasteiger partial charge in [0, 0.05) is 26.0 Å².